The normalized spacial score (nSPS) is 23.5. The van der Waals surface area contributed by atoms with Gasteiger partial charge in [-0.05, 0) is 38.8 Å². The minimum absolute atomic E-state index is 0.0102. The molecule has 0 unspecified atom stereocenters. The van der Waals surface area contributed by atoms with Crippen LogP contribution in [0.2, 0.25) is 0 Å². The fourth-order valence-corrected chi connectivity index (χ4v) is 3.31. The maximum atomic E-state index is 12.3. The van der Waals surface area contributed by atoms with Crippen LogP contribution in [-0.4, -0.2) is 51.0 Å². The Bertz CT molecular complexity index is 309. The molecule has 2 aliphatic rings. The van der Waals surface area contributed by atoms with Crippen molar-refractivity contribution in [2.45, 2.75) is 63.1 Å². The Labute approximate surface area is 128 Å². The first-order chi connectivity index (χ1) is 10.3. The molecule has 1 aliphatic carbocycles. The number of hydrogen-bond donors (Lipinski definition) is 2. The van der Waals surface area contributed by atoms with Crippen LogP contribution in [-0.2, 0) is 14.3 Å². The van der Waals surface area contributed by atoms with Gasteiger partial charge in [-0.25, -0.2) is 0 Å². The Morgan fingerprint density at radius 3 is 2.48 bits per heavy atom. The Kier molecular flexibility index (Phi) is 6.93. The first-order valence-electron chi connectivity index (χ1n) is 8.43. The van der Waals surface area contributed by atoms with E-state index < -0.39 is 5.60 Å². The molecule has 0 radical (unpaired) electrons. The quantitative estimate of drug-likeness (QED) is 0.578. The number of methoxy groups -OCH3 is 1. The van der Waals surface area contributed by atoms with Gasteiger partial charge in [0.15, 0.2) is 0 Å². The van der Waals surface area contributed by atoms with Gasteiger partial charge in [0.05, 0.1) is 12.7 Å². The van der Waals surface area contributed by atoms with Crippen molar-refractivity contribution in [2.75, 3.05) is 33.4 Å². The Hall–Kier alpha value is -0.650. The van der Waals surface area contributed by atoms with Crippen molar-refractivity contribution in [3.8, 4) is 0 Å². The molecule has 21 heavy (non-hydrogen) atoms. The number of hydrogen-bond acceptors (Lipinski definition) is 4. The standard InChI is InChI=1S/C16H30N2O3/c1-20-16(8-10-17-11-9-16)15(19)18-12-13-21-14-6-4-2-3-5-7-14/h14,17H,2-13H2,1H3,(H,18,19). The number of carbonyl (C=O) groups excluding carboxylic acids is 1. The third-order valence-corrected chi connectivity index (χ3v) is 4.76. The van der Waals surface area contributed by atoms with Gasteiger partial charge in [0.25, 0.3) is 5.91 Å². The van der Waals surface area contributed by atoms with Gasteiger partial charge in [-0.2, -0.15) is 0 Å². The molecular weight excluding hydrogens is 268 g/mol. The van der Waals surface area contributed by atoms with Crippen molar-refractivity contribution in [1.29, 1.82) is 0 Å². The number of nitrogens with one attached hydrogen (secondary N) is 2. The molecule has 1 saturated heterocycles. The highest BCUT2D eigenvalue weighted by atomic mass is 16.5. The molecule has 0 aromatic rings. The summed E-state index contributed by atoms with van der Waals surface area (Å²) in [5, 5.41) is 6.24. The van der Waals surface area contributed by atoms with E-state index in [2.05, 4.69) is 10.6 Å². The van der Waals surface area contributed by atoms with Gasteiger partial charge in [0.2, 0.25) is 0 Å². The van der Waals surface area contributed by atoms with Crippen LogP contribution < -0.4 is 10.6 Å². The molecule has 0 aromatic heterocycles. The van der Waals surface area contributed by atoms with Crippen LogP contribution in [0.4, 0.5) is 0 Å². The van der Waals surface area contributed by atoms with E-state index in [1.54, 1.807) is 7.11 Å². The van der Waals surface area contributed by atoms with Gasteiger partial charge >= 0.3 is 0 Å². The minimum atomic E-state index is -0.645. The molecule has 1 aliphatic heterocycles. The zero-order chi connectivity index (χ0) is 15.0. The SMILES string of the molecule is COC1(C(=O)NCCOC2CCCCCC2)CCNCC1. The predicted octanol–water partition coefficient (Wildman–Crippen LogP) is 1.61. The average molecular weight is 298 g/mol. The van der Waals surface area contributed by atoms with Crippen LogP contribution >= 0.6 is 0 Å². The molecule has 2 rings (SSSR count). The van der Waals surface area contributed by atoms with E-state index in [-0.39, 0.29) is 5.91 Å². The van der Waals surface area contributed by atoms with Gasteiger partial charge in [-0.15, -0.1) is 0 Å². The van der Waals surface area contributed by atoms with E-state index in [4.69, 9.17) is 9.47 Å². The molecule has 5 heteroatoms. The summed E-state index contributed by atoms with van der Waals surface area (Å²) in [4.78, 5) is 12.3. The number of amides is 1. The molecule has 2 N–H and O–H groups in total. The lowest BCUT2D eigenvalue weighted by Crippen LogP contribution is -2.54. The molecule has 1 amide bonds. The fourth-order valence-electron chi connectivity index (χ4n) is 3.31. The summed E-state index contributed by atoms with van der Waals surface area (Å²) in [5.41, 5.74) is -0.645. The summed E-state index contributed by atoms with van der Waals surface area (Å²) >= 11 is 0. The van der Waals surface area contributed by atoms with Crippen molar-refractivity contribution in [2.24, 2.45) is 0 Å². The second kappa shape index (κ2) is 8.71. The van der Waals surface area contributed by atoms with E-state index in [0.717, 1.165) is 25.9 Å². The van der Waals surface area contributed by atoms with Crippen molar-refractivity contribution in [1.82, 2.24) is 10.6 Å². The summed E-state index contributed by atoms with van der Waals surface area (Å²) < 4.78 is 11.4. The van der Waals surface area contributed by atoms with Crippen LogP contribution in [0, 0.1) is 0 Å². The summed E-state index contributed by atoms with van der Waals surface area (Å²) in [6.45, 7) is 2.85. The highest BCUT2D eigenvalue weighted by molar-refractivity contribution is 5.85. The zero-order valence-corrected chi connectivity index (χ0v) is 13.3. The van der Waals surface area contributed by atoms with Gasteiger partial charge in [0.1, 0.15) is 5.60 Å². The molecular formula is C16H30N2O3. The Morgan fingerprint density at radius 1 is 1.19 bits per heavy atom. The smallest absolute Gasteiger partial charge is 0.252 e. The highest BCUT2D eigenvalue weighted by Gasteiger charge is 2.39. The Balaban J connectivity index is 1.66. The fraction of sp³-hybridized carbons (Fsp3) is 0.938. The molecule has 0 bridgehead atoms. The zero-order valence-electron chi connectivity index (χ0n) is 13.3. The average Bonchev–Trinajstić information content (AvgIpc) is 2.80. The summed E-state index contributed by atoms with van der Waals surface area (Å²) in [6, 6.07) is 0. The Morgan fingerprint density at radius 2 is 1.86 bits per heavy atom. The molecule has 1 saturated carbocycles. The van der Waals surface area contributed by atoms with Crippen LogP contribution in [0.5, 0.6) is 0 Å². The molecule has 2 fully saturated rings. The van der Waals surface area contributed by atoms with Crippen LogP contribution in [0.15, 0.2) is 0 Å². The maximum Gasteiger partial charge on any atom is 0.252 e. The lowest BCUT2D eigenvalue weighted by molar-refractivity contribution is -0.147. The van der Waals surface area contributed by atoms with E-state index in [1.807, 2.05) is 0 Å². The van der Waals surface area contributed by atoms with E-state index in [0.29, 0.717) is 19.3 Å². The number of ether oxygens (including phenoxy) is 2. The minimum Gasteiger partial charge on any atom is -0.376 e. The van der Waals surface area contributed by atoms with Gasteiger partial charge in [0, 0.05) is 13.7 Å². The van der Waals surface area contributed by atoms with E-state index in [1.165, 1.54) is 38.5 Å². The molecule has 0 aromatic carbocycles. The van der Waals surface area contributed by atoms with Crippen molar-refractivity contribution in [3.63, 3.8) is 0 Å². The second-order valence-electron chi connectivity index (χ2n) is 6.19. The van der Waals surface area contributed by atoms with Gasteiger partial charge in [-0.1, -0.05) is 25.7 Å². The van der Waals surface area contributed by atoms with Crippen LogP contribution in [0.3, 0.4) is 0 Å². The second-order valence-corrected chi connectivity index (χ2v) is 6.19. The molecule has 0 spiro atoms. The third-order valence-electron chi connectivity index (χ3n) is 4.76. The third kappa shape index (κ3) is 4.94. The maximum absolute atomic E-state index is 12.3. The van der Waals surface area contributed by atoms with Crippen molar-refractivity contribution in [3.05, 3.63) is 0 Å². The molecule has 5 nitrogen and oxygen atoms in total. The lowest BCUT2D eigenvalue weighted by Gasteiger charge is -2.34. The lowest BCUT2D eigenvalue weighted by atomic mass is 9.91. The van der Waals surface area contributed by atoms with Crippen LogP contribution in [0.1, 0.15) is 51.4 Å². The topological polar surface area (TPSA) is 59.6 Å². The molecule has 0 atom stereocenters. The summed E-state index contributed by atoms with van der Waals surface area (Å²) in [5.74, 6) is 0.0102. The predicted molar refractivity (Wildman–Crippen MR) is 82.3 cm³/mol. The van der Waals surface area contributed by atoms with E-state index >= 15 is 0 Å². The first-order valence-corrected chi connectivity index (χ1v) is 8.43. The number of carbonyl (C=O) groups is 1. The van der Waals surface area contributed by atoms with Gasteiger partial charge < -0.3 is 20.1 Å². The van der Waals surface area contributed by atoms with Crippen molar-refractivity contribution >= 4 is 5.91 Å². The number of rotatable bonds is 6. The number of piperidine rings is 1. The summed E-state index contributed by atoms with van der Waals surface area (Å²) in [7, 11) is 1.63. The van der Waals surface area contributed by atoms with Crippen LogP contribution in [0.25, 0.3) is 0 Å². The highest BCUT2D eigenvalue weighted by Crippen LogP contribution is 2.22. The molecule has 122 valence electrons. The van der Waals surface area contributed by atoms with E-state index in [9.17, 15) is 4.79 Å². The first kappa shape index (κ1) is 16.7. The van der Waals surface area contributed by atoms with Crippen molar-refractivity contribution < 1.29 is 14.3 Å². The summed E-state index contributed by atoms with van der Waals surface area (Å²) in [6.07, 6.45) is 9.41. The monoisotopic (exact) mass is 298 g/mol. The van der Waals surface area contributed by atoms with Gasteiger partial charge in [-0.3, -0.25) is 4.79 Å². The molecule has 1 heterocycles. The largest absolute Gasteiger partial charge is 0.376 e.